The number of hydrogen-bond acceptors (Lipinski definition) is 4. The van der Waals surface area contributed by atoms with E-state index in [0.717, 1.165) is 12.8 Å². The molecule has 1 aromatic carbocycles. The molecule has 0 bridgehead atoms. The van der Waals surface area contributed by atoms with E-state index in [0.29, 0.717) is 22.3 Å². The molecular weight excluding hydrogens is 313 g/mol. The van der Waals surface area contributed by atoms with Crippen LogP contribution in [0.3, 0.4) is 0 Å². The third-order valence-electron chi connectivity index (χ3n) is 3.69. The average molecular weight is 336 g/mol. The lowest BCUT2D eigenvalue weighted by molar-refractivity contribution is 0.0813. The molecule has 0 fully saturated rings. The van der Waals surface area contributed by atoms with Crippen molar-refractivity contribution in [3.8, 4) is 5.75 Å². The van der Waals surface area contributed by atoms with E-state index in [9.17, 15) is 10.2 Å². The molecule has 0 amide bonds. The number of hydrogen-bond donors (Lipinski definition) is 3. The zero-order valence-electron chi connectivity index (χ0n) is 12.4. The maximum atomic E-state index is 9.97. The summed E-state index contributed by atoms with van der Waals surface area (Å²) in [5, 5.41) is 23.6. The zero-order valence-corrected chi connectivity index (χ0v) is 13.9. The lowest BCUT2D eigenvalue weighted by Gasteiger charge is -2.32. The number of nitrogens with one attached hydrogen (secondary N) is 1. The Hall–Kier alpha value is -0.520. The molecule has 1 rings (SSSR count). The highest BCUT2D eigenvalue weighted by Gasteiger charge is 2.25. The van der Waals surface area contributed by atoms with Crippen LogP contribution in [0.4, 0.5) is 0 Å². The number of rotatable bonds is 9. The molecule has 120 valence electrons. The van der Waals surface area contributed by atoms with Crippen LogP contribution in [0.5, 0.6) is 5.75 Å². The van der Waals surface area contributed by atoms with E-state index in [1.807, 2.05) is 13.8 Å². The molecule has 4 nitrogen and oxygen atoms in total. The van der Waals surface area contributed by atoms with Crippen molar-refractivity contribution in [2.75, 3.05) is 19.8 Å². The molecule has 0 aromatic heterocycles. The van der Waals surface area contributed by atoms with Crippen LogP contribution < -0.4 is 10.1 Å². The summed E-state index contributed by atoms with van der Waals surface area (Å²) in [7, 11) is 0. The first-order valence-electron chi connectivity index (χ1n) is 7.08. The number of benzene rings is 1. The Labute approximate surface area is 136 Å². The fraction of sp³-hybridized carbons (Fsp3) is 0.600. The van der Waals surface area contributed by atoms with Crippen LogP contribution in [0.1, 0.15) is 26.7 Å². The molecule has 3 N–H and O–H groups in total. The Morgan fingerprint density at radius 1 is 1.29 bits per heavy atom. The van der Waals surface area contributed by atoms with E-state index in [1.54, 1.807) is 18.2 Å². The third-order valence-corrected chi connectivity index (χ3v) is 4.22. The Morgan fingerprint density at radius 2 is 1.95 bits per heavy atom. The van der Waals surface area contributed by atoms with Crippen molar-refractivity contribution in [2.45, 2.75) is 38.3 Å². The van der Waals surface area contributed by atoms with Gasteiger partial charge in [0.25, 0.3) is 0 Å². The van der Waals surface area contributed by atoms with E-state index in [4.69, 9.17) is 27.9 Å². The molecule has 0 aliphatic carbocycles. The quantitative estimate of drug-likeness (QED) is 0.649. The van der Waals surface area contributed by atoms with Gasteiger partial charge in [0.2, 0.25) is 0 Å². The van der Waals surface area contributed by atoms with Crippen LogP contribution in [0.15, 0.2) is 18.2 Å². The van der Waals surface area contributed by atoms with Crippen molar-refractivity contribution in [1.29, 1.82) is 0 Å². The van der Waals surface area contributed by atoms with Gasteiger partial charge in [-0.2, -0.15) is 0 Å². The highest BCUT2D eigenvalue weighted by molar-refractivity contribution is 6.35. The van der Waals surface area contributed by atoms with E-state index in [-0.39, 0.29) is 18.8 Å². The molecule has 0 aliphatic heterocycles. The minimum atomic E-state index is -0.694. The van der Waals surface area contributed by atoms with Crippen molar-refractivity contribution >= 4 is 23.2 Å². The van der Waals surface area contributed by atoms with E-state index in [2.05, 4.69) is 5.32 Å². The summed E-state index contributed by atoms with van der Waals surface area (Å²) in [6, 6.07) is 4.94. The molecule has 1 aromatic rings. The molecule has 0 heterocycles. The summed E-state index contributed by atoms with van der Waals surface area (Å²) in [5.41, 5.74) is -0.348. The second kappa shape index (κ2) is 8.81. The molecular formula is C15H23Cl2NO3. The topological polar surface area (TPSA) is 61.7 Å². The fourth-order valence-electron chi connectivity index (χ4n) is 1.95. The predicted molar refractivity (Wildman–Crippen MR) is 86.4 cm³/mol. The Bertz CT molecular complexity index is 431. The van der Waals surface area contributed by atoms with Crippen molar-refractivity contribution in [2.24, 2.45) is 0 Å². The van der Waals surface area contributed by atoms with Gasteiger partial charge in [-0.15, -0.1) is 0 Å². The second-order valence-electron chi connectivity index (χ2n) is 5.07. The van der Waals surface area contributed by atoms with Gasteiger partial charge in [0.15, 0.2) is 0 Å². The summed E-state index contributed by atoms with van der Waals surface area (Å²) in [5.74, 6) is 0.486. The summed E-state index contributed by atoms with van der Waals surface area (Å²) in [6.07, 6.45) is 0.883. The first-order valence-corrected chi connectivity index (χ1v) is 7.83. The summed E-state index contributed by atoms with van der Waals surface area (Å²) in [6.45, 7) is 4.50. The monoisotopic (exact) mass is 335 g/mol. The fourth-order valence-corrected chi connectivity index (χ4v) is 2.41. The molecule has 1 unspecified atom stereocenters. The van der Waals surface area contributed by atoms with Gasteiger partial charge >= 0.3 is 0 Å². The maximum Gasteiger partial charge on any atom is 0.138 e. The van der Waals surface area contributed by atoms with Gasteiger partial charge < -0.3 is 20.3 Å². The van der Waals surface area contributed by atoms with Crippen LogP contribution in [0, 0.1) is 0 Å². The average Bonchev–Trinajstić information content (AvgIpc) is 2.48. The SMILES string of the molecule is CCC(CC)(CO)NCC(O)COc1ccc(Cl)cc1Cl. The van der Waals surface area contributed by atoms with E-state index in [1.165, 1.54) is 0 Å². The number of halogens is 2. The van der Waals surface area contributed by atoms with Gasteiger partial charge in [0, 0.05) is 17.1 Å². The number of β-amino-alcohol motifs (C(OH)–C–C–N with tert-alkyl or cyclic N) is 1. The first kappa shape index (κ1) is 18.5. The van der Waals surface area contributed by atoms with Gasteiger partial charge in [0.05, 0.1) is 11.6 Å². The molecule has 0 aliphatic rings. The Kier molecular flexibility index (Phi) is 7.77. The molecule has 0 saturated carbocycles. The zero-order chi connectivity index (χ0) is 15.9. The van der Waals surface area contributed by atoms with Crippen LogP contribution in [0.2, 0.25) is 10.0 Å². The number of ether oxygens (including phenoxy) is 1. The lowest BCUT2D eigenvalue weighted by atomic mass is 9.94. The third kappa shape index (κ3) is 5.64. The van der Waals surface area contributed by atoms with Crippen LogP contribution in [-0.4, -0.2) is 41.6 Å². The van der Waals surface area contributed by atoms with Gasteiger partial charge in [0.1, 0.15) is 18.5 Å². The Morgan fingerprint density at radius 3 is 2.48 bits per heavy atom. The van der Waals surface area contributed by atoms with Crippen molar-refractivity contribution in [3.05, 3.63) is 28.2 Å². The first-order chi connectivity index (χ1) is 9.96. The van der Waals surface area contributed by atoms with Crippen molar-refractivity contribution in [3.63, 3.8) is 0 Å². The van der Waals surface area contributed by atoms with E-state index < -0.39 is 6.10 Å². The lowest BCUT2D eigenvalue weighted by Crippen LogP contribution is -2.50. The molecule has 0 spiro atoms. The standard InChI is InChI=1S/C15H23Cl2NO3/c1-3-15(4-2,10-19)18-8-12(20)9-21-14-6-5-11(16)7-13(14)17/h5-7,12,18-20H,3-4,8-10H2,1-2H3. The predicted octanol–water partition coefficient (Wildman–Crippen LogP) is 2.87. The highest BCUT2D eigenvalue weighted by atomic mass is 35.5. The highest BCUT2D eigenvalue weighted by Crippen LogP contribution is 2.27. The van der Waals surface area contributed by atoms with Gasteiger partial charge in [-0.25, -0.2) is 0 Å². The summed E-state index contributed by atoms with van der Waals surface area (Å²) < 4.78 is 5.48. The normalized spacial score (nSPS) is 13.2. The Balaban J connectivity index is 2.45. The molecule has 0 saturated heterocycles. The molecule has 0 radical (unpaired) electrons. The van der Waals surface area contributed by atoms with Crippen LogP contribution in [0.25, 0.3) is 0 Å². The van der Waals surface area contributed by atoms with Crippen molar-refractivity contribution in [1.82, 2.24) is 5.32 Å². The van der Waals surface area contributed by atoms with Crippen LogP contribution >= 0.6 is 23.2 Å². The minimum absolute atomic E-state index is 0.0383. The van der Waals surface area contributed by atoms with Gasteiger partial charge in [-0.3, -0.25) is 0 Å². The smallest absolute Gasteiger partial charge is 0.138 e. The molecule has 21 heavy (non-hydrogen) atoms. The number of aliphatic hydroxyl groups is 2. The van der Waals surface area contributed by atoms with Crippen molar-refractivity contribution < 1.29 is 14.9 Å². The largest absolute Gasteiger partial charge is 0.489 e. The minimum Gasteiger partial charge on any atom is -0.489 e. The molecule has 6 heteroatoms. The maximum absolute atomic E-state index is 9.97. The van der Waals surface area contributed by atoms with Gasteiger partial charge in [-0.05, 0) is 31.0 Å². The summed E-state index contributed by atoms with van der Waals surface area (Å²) in [4.78, 5) is 0. The molecule has 1 atom stereocenters. The van der Waals surface area contributed by atoms with Crippen LogP contribution in [-0.2, 0) is 0 Å². The second-order valence-corrected chi connectivity index (χ2v) is 5.91. The van der Waals surface area contributed by atoms with Gasteiger partial charge in [-0.1, -0.05) is 37.0 Å². The summed E-state index contributed by atoms with van der Waals surface area (Å²) >= 11 is 11.8. The van der Waals surface area contributed by atoms with E-state index >= 15 is 0 Å². The number of aliphatic hydroxyl groups excluding tert-OH is 2.